The number of benzene rings is 2. The molecule has 2 aromatic heterocycles. The van der Waals surface area contributed by atoms with Crippen LogP contribution in [0.2, 0.25) is 0 Å². The molecule has 0 bridgehead atoms. The first-order chi connectivity index (χ1) is 12.1. The zero-order valence-electron chi connectivity index (χ0n) is 13.8. The molecule has 0 amide bonds. The van der Waals surface area contributed by atoms with Crippen LogP contribution in [0.1, 0.15) is 11.3 Å². The van der Waals surface area contributed by atoms with Crippen LogP contribution in [0, 0.1) is 19.7 Å². The Hall–Kier alpha value is -3.28. The number of aromatic nitrogens is 4. The highest BCUT2D eigenvalue weighted by Crippen LogP contribution is 2.19. The van der Waals surface area contributed by atoms with Crippen molar-refractivity contribution in [1.82, 2.24) is 19.6 Å². The normalized spacial score (nSPS) is 11.2. The highest BCUT2D eigenvalue weighted by Gasteiger charge is 2.16. The molecule has 4 rings (SSSR count). The number of hydrogen-bond donors (Lipinski definition) is 0. The van der Waals surface area contributed by atoms with Gasteiger partial charge in [-0.3, -0.25) is 4.79 Å². The van der Waals surface area contributed by atoms with Crippen molar-refractivity contribution in [3.8, 4) is 11.4 Å². The van der Waals surface area contributed by atoms with E-state index in [1.165, 1.54) is 21.5 Å². The van der Waals surface area contributed by atoms with Crippen LogP contribution in [-0.4, -0.2) is 19.6 Å². The maximum atomic E-state index is 13.2. The van der Waals surface area contributed by atoms with Crippen molar-refractivity contribution in [2.45, 2.75) is 13.8 Å². The molecule has 0 saturated carbocycles. The molecule has 2 aromatic carbocycles. The van der Waals surface area contributed by atoms with Gasteiger partial charge in [0.15, 0.2) is 0 Å². The van der Waals surface area contributed by atoms with Gasteiger partial charge in [0.2, 0.25) is 0 Å². The van der Waals surface area contributed by atoms with E-state index in [0.29, 0.717) is 22.3 Å². The maximum absolute atomic E-state index is 13.2. The number of para-hydroxylation sites is 1. The lowest BCUT2D eigenvalue weighted by atomic mass is 10.2. The summed E-state index contributed by atoms with van der Waals surface area (Å²) < 4.78 is 16.1. The van der Waals surface area contributed by atoms with E-state index in [1.54, 1.807) is 18.3 Å². The molecule has 4 aromatic rings. The second-order valence-electron chi connectivity index (χ2n) is 5.88. The highest BCUT2D eigenvalue weighted by molar-refractivity contribution is 5.81. The monoisotopic (exact) mass is 334 g/mol. The molecule has 0 unspecified atom stereocenters. The van der Waals surface area contributed by atoms with Crippen LogP contribution in [-0.2, 0) is 0 Å². The fraction of sp³-hybridized carbons (Fsp3) is 0.105. The van der Waals surface area contributed by atoms with Gasteiger partial charge in [0.1, 0.15) is 11.3 Å². The van der Waals surface area contributed by atoms with Gasteiger partial charge in [-0.1, -0.05) is 18.2 Å². The summed E-state index contributed by atoms with van der Waals surface area (Å²) in [6.07, 6.45) is 1.62. The Morgan fingerprint density at radius 2 is 1.68 bits per heavy atom. The minimum atomic E-state index is -0.338. The van der Waals surface area contributed by atoms with Crippen molar-refractivity contribution in [1.29, 1.82) is 0 Å². The SMILES string of the molecule is Cc1ccccc1-n1nc(C)c2cnn(-c3ccc(F)cc3)c2c1=O. The first-order valence-electron chi connectivity index (χ1n) is 7.86. The molecular formula is C19H15FN4O. The molecule has 6 heteroatoms. The Morgan fingerprint density at radius 1 is 0.960 bits per heavy atom. The van der Waals surface area contributed by atoms with Gasteiger partial charge >= 0.3 is 0 Å². The fourth-order valence-corrected chi connectivity index (χ4v) is 2.91. The van der Waals surface area contributed by atoms with Crippen LogP contribution in [0.5, 0.6) is 0 Å². The molecule has 0 N–H and O–H groups in total. The molecule has 124 valence electrons. The lowest BCUT2D eigenvalue weighted by Crippen LogP contribution is -2.24. The van der Waals surface area contributed by atoms with Crippen LogP contribution in [0.15, 0.2) is 59.5 Å². The van der Waals surface area contributed by atoms with E-state index >= 15 is 0 Å². The first-order valence-corrected chi connectivity index (χ1v) is 7.86. The van der Waals surface area contributed by atoms with E-state index in [4.69, 9.17) is 0 Å². The summed E-state index contributed by atoms with van der Waals surface area (Å²) in [4.78, 5) is 13.1. The summed E-state index contributed by atoms with van der Waals surface area (Å²) in [7, 11) is 0. The molecule has 25 heavy (non-hydrogen) atoms. The van der Waals surface area contributed by atoms with Crippen molar-refractivity contribution in [3.63, 3.8) is 0 Å². The first kappa shape index (κ1) is 15.3. The van der Waals surface area contributed by atoms with Gasteiger partial charge in [-0.05, 0) is 49.7 Å². The third kappa shape index (κ3) is 2.42. The molecule has 0 radical (unpaired) electrons. The molecule has 0 aliphatic carbocycles. The lowest BCUT2D eigenvalue weighted by molar-refractivity contribution is 0.627. The molecule has 5 nitrogen and oxygen atoms in total. The van der Waals surface area contributed by atoms with Gasteiger partial charge in [-0.2, -0.15) is 14.9 Å². The fourth-order valence-electron chi connectivity index (χ4n) is 2.91. The average molecular weight is 334 g/mol. The van der Waals surface area contributed by atoms with Crippen molar-refractivity contribution in [2.75, 3.05) is 0 Å². The number of rotatable bonds is 2. The zero-order chi connectivity index (χ0) is 17.6. The van der Waals surface area contributed by atoms with E-state index < -0.39 is 0 Å². The van der Waals surface area contributed by atoms with Gasteiger partial charge in [0, 0.05) is 5.39 Å². The minimum absolute atomic E-state index is 0.267. The van der Waals surface area contributed by atoms with Crippen LogP contribution < -0.4 is 5.56 Å². The number of hydrogen-bond acceptors (Lipinski definition) is 3. The van der Waals surface area contributed by atoms with Crippen LogP contribution in [0.25, 0.3) is 22.3 Å². The molecule has 0 spiro atoms. The van der Waals surface area contributed by atoms with Gasteiger partial charge in [-0.15, -0.1) is 0 Å². The smallest absolute Gasteiger partial charge is 0.265 e. The molecule has 0 atom stereocenters. The van der Waals surface area contributed by atoms with E-state index in [0.717, 1.165) is 11.3 Å². The summed E-state index contributed by atoms with van der Waals surface area (Å²) in [6.45, 7) is 3.77. The van der Waals surface area contributed by atoms with Crippen molar-refractivity contribution in [2.24, 2.45) is 0 Å². The quantitative estimate of drug-likeness (QED) is 0.565. The van der Waals surface area contributed by atoms with Gasteiger partial charge in [0.25, 0.3) is 5.56 Å². The molecule has 2 heterocycles. The molecular weight excluding hydrogens is 319 g/mol. The molecule has 0 saturated heterocycles. The summed E-state index contributed by atoms with van der Waals surface area (Å²) in [5.41, 5.74) is 3.15. The van der Waals surface area contributed by atoms with E-state index in [2.05, 4.69) is 10.2 Å². The summed E-state index contributed by atoms with van der Waals surface area (Å²) >= 11 is 0. The molecule has 0 aliphatic heterocycles. The maximum Gasteiger partial charge on any atom is 0.298 e. The summed E-state index contributed by atoms with van der Waals surface area (Å²) in [6, 6.07) is 13.4. The Morgan fingerprint density at radius 3 is 2.40 bits per heavy atom. The standard InChI is InChI=1S/C19H15FN4O/c1-12-5-3-4-6-17(12)24-19(25)18-16(13(2)22-24)11-21-23(18)15-9-7-14(20)8-10-15/h3-11H,1-2H3. The third-order valence-corrected chi connectivity index (χ3v) is 4.22. The van der Waals surface area contributed by atoms with Gasteiger partial charge < -0.3 is 0 Å². The highest BCUT2D eigenvalue weighted by atomic mass is 19.1. The predicted molar refractivity (Wildman–Crippen MR) is 93.9 cm³/mol. The van der Waals surface area contributed by atoms with Crippen LogP contribution in [0.4, 0.5) is 4.39 Å². The van der Waals surface area contributed by atoms with Gasteiger partial charge in [-0.25, -0.2) is 9.07 Å². The summed E-state index contributed by atoms with van der Waals surface area (Å²) in [5.74, 6) is -0.338. The number of nitrogens with zero attached hydrogens (tertiary/aromatic N) is 4. The van der Waals surface area contributed by atoms with Crippen molar-refractivity contribution < 1.29 is 4.39 Å². The largest absolute Gasteiger partial charge is 0.298 e. The second-order valence-corrected chi connectivity index (χ2v) is 5.88. The predicted octanol–water partition coefficient (Wildman–Crippen LogP) is 3.33. The lowest BCUT2D eigenvalue weighted by Gasteiger charge is -2.10. The Labute approximate surface area is 143 Å². The Balaban J connectivity index is 2.05. The van der Waals surface area contributed by atoms with Crippen LogP contribution >= 0.6 is 0 Å². The Kier molecular flexibility index (Phi) is 3.46. The Bertz CT molecular complexity index is 1140. The zero-order valence-corrected chi connectivity index (χ0v) is 13.8. The van der Waals surface area contributed by atoms with E-state index in [9.17, 15) is 9.18 Å². The van der Waals surface area contributed by atoms with E-state index in [1.807, 2.05) is 38.1 Å². The minimum Gasteiger partial charge on any atom is -0.265 e. The second kappa shape index (κ2) is 5.66. The number of fused-ring (bicyclic) bond motifs is 1. The number of aryl methyl sites for hydroxylation is 2. The van der Waals surface area contributed by atoms with E-state index in [-0.39, 0.29) is 11.4 Å². The average Bonchev–Trinajstić information content (AvgIpc) is 3.05. The van der Waals surface area contributed by atoms with Crippen molar-refractivity contribution in [3.05, 3.63) is 82.2 Å². The number of halogens is 1. The summed E-state index contributed by atoms with van der Waals surface area (Å²) in [5, 5.41) is 9.44. The van der Waals surface area contributed by atoms with Crippen LogP contribution in [0.3, 0.4) is 0 Å². The van der Waals surface area contributed by atoms with Crippen molar-refractivity contribution >= 4 is 10.9 Å². The topological polar surface area (TPSA) is 52.7 Å². The molecule has 0 aliphatic rings. The third-order valence-electron chi connectivity index (χ3n) is 4.22. The van der Waals surface area contributed by atoms with Gasteiger partial charge in [0.05, 0.1) is 23.3 Å². The molecule has 0 fully saturated rings.